The Morgan fingerprint density at radius 1 is 0.710 bits per heavy atom. The summed E-state index contributed by atoms with van der Waals surface area (Å²) in [5, 5.41) is 14.3. The largest absolute Gasteiger partial charge is 0.395 e. The molecule has 2 N–H and O–H groups in total. The molecule has 0 bridgehead atoms. The molecule has 31 heavy (non-hydrogen) atoms. The fourth-order valence-electron chi connectivity index (χ4n) is 4.51. The molecule has 3 rings (SSSR count). The van der Waals surface area contributed by atoms with Gasteiger partial charge in [0.15, 0.2) is 0 Å². The van der Waals surface area contributed by atoms with Crippen molar-refractivity contribution in [2.45, 2.75) is 38.3 Å². The lowest BCUT2D eigenvalue weighted by molar-refractivity contribution is 0.165. The molecule has 0 aliphatic rings. The smallest absolute Gasteiger partial charge is 0.0951 e. The predicted molar refractivity (Wildman–Crippen MR) is 130 cm³/mol. The second-order valence-corrected chi connectivity index (χ2v) is 8.17. The van der Waals surface area contributed by atoms with Crippen molar-refractivity contribution < 1.29 is 5.11 Å². The highest BCUT2D eigenvalue weighted by atomic mass is 16.3. The van der Waals surface area contributed by atoms with Gasteiger partial charge < -0.3 is 10.0 Å². The van der Waals surface area contributed by atoms with E-state index in [0.717, 1.165) is 32.5 Å². The maximum absolute atomic E-state index is 10.4. The lowest BCUT2D eigenvalue weighted by atomic mass is 9.76. The summed E-state index contributed by atoms with van der Waals surface area (Å²) in [6.45, 7) is 7.41. The first-order chi connectivity index (χ1) is 15.2. The Balaban J connectivity index is 2.11. The van der Waals surface area contributed by atoms with Crippen LogP contribution >= 0.6 is 0 Å². The summed E-state index contributed by atoms with van der Waals surface area (Å²) in [6.07, 6.45) is 2.22. The fourth-order valence-corrected chi connectivity index (χ4v) is 4.51. The average Bonchev–Trinajstić information content (AvgIpc) is 2.84. The molecule has 3 heteroatoms. The van der Waals surface area contributed by atoms with Crippen molar-refractivity contribution in [1.29, 1.82) is 0 Å². The average molecular weight is 417 g/mol. The molecule has 0 saturated heterocycles. The number of rotatable bonds is 12. The van der Waals surface area contributed by atoms with Gasteiger partial charge in [0.1, 0.15) is 0 Å². The molecule has 0 amide bonds. The SMILES string of the molecule is CCCN(CCC)CC(CO)NC(c1ccccc1)(c1ccccc1)c1ccccc1. The first-order valence-corrected chi connectivity index (χ1v) is 11.5. The van der Waals surface area contributed by atoms with E-state index in [2.05, 4.69) is 115 Å². The first-order valence-electron chi connectivity index (χ1n) is 11.5. The van der Waals surface area contributed by atoms with Gasteiger partial charge in [-0.15, -0.1) is 0 Å². The summed E-state index contributed by atoms with van der Waals surface area (Å²) in [5.41, 5.74) is 2.96. The molecule has 0 spiro atoms. The Bertz CT molecular complexity index is 765. The Labute approximate surface area is 187 Å². The molecule has 164 valence electrons. The van der Waals surface area contributed by atoms with Crippen LogP contribution < -0.4 is 5.32 Å². The molecule has 0 radical (unpaired) electrons. The van der Waals surface area contributed by atoms with Crippen LogP contribution in [0.4, 0.5) is 0 Å². The monoisotopic (exact) mass is 416 g/mol. The summed E-state index contributed by atoms with van der Waals surface area (Å²) in [4.78, 5) is 2.46. The number of nitrogens with one attached hydrogen (secondary N) is 1. The lowest BCUT2D eigenvalue weighted by Crippen LogP contribution is -2.54. The van der Waals surface area contributed by atoms with E-state index >= 15 is 0 Å². The van der Waals surface area contributed by atoms with Gasteiger partial charge in [-0.05, 0) is 42.6 Å². The Hall–Kier alpha value is -2.46. The quantitative estimate of drug-likeness (QED) is 0.406. The zero-order valence-electron chi connectivity index (χ0n) is 18.9. The van der Waals surface area contributed by atoms with Crippen molar-refractivity contribution in [3.8, 4) is 0 Å². The van der Waals surface area contributed by atoms with Gasteiger partial charge in [-0.25, -0.2) is 0 Å². The van der Waals surface area contributed by atoms with E-state index < -0.39 is 5.54 Å². The van der Waals surface area contributed by atoms with Crippen LogP contribution in [0.25, 0.3) is 0 Å². The summed E-state index contributed by atoms with van der Waals surface area (Å²) < 4.78 is 0. The van der Waals surface area contributed by atoms with Gasteiger partial charge in [-0.3, -0.25) is 5.32 Å². The van der Waals surface area contributed by atoms with Crippen LogP contribution in [0.2, 0.25) is 0 Å². The summed E-state index contributed by atoms with van der Waals surface area (Å²) in [7, 11) is 0. The molecule has 0 saturated carbocycles. The van der Waals surface area contributed by atoms with E-state index in [1.54, 1.807) is 0 Å². The van der Waals surface area contributed by atoms with Gasteiger partial charge in [0.2, 0.25) is 0 Å². The highest BCUT2D eigenvalue weighted by Crippen LogP contribution is 2.37. The van der Waals surface area contributed by atoms with Crippen molar-refractivity contribution in [3.05, 3.63) is 108 Å². The van der Waals surface area contributed by atoms with Crippen molar-refractivity contribution in [1.82, 2.24) is 10.2 Å². The second kappa shape index (κ2) is 11.8. The van der Waals surface area contributed by atoms with Crippen LogP contribution in [0.3, 0.4) is 0 Å². The third-order valence-electron chi connectivity index (χ3n) is 5.82. The molecular weight excluding hydrogens is 380 g/mol. The fraction of sp³-hybridized carbons (Fsp3) is 0.357. The highest BCUT2D eigenvalue weighted by Gasteiger charge is 2.38. The molecule has 3 aromatic rings. The third-order valence-corrected chi connectivity index (χ3v) is 5.82. The van der Waals surface area contributed by atoms with Crippen LogP contribution in [0.15, 0.2) is 91.0 Å². The van der Waals surface area contributed by atoms with Crippen LogP contribution in [-0.4, -0.2) is 42.3 Å². The van der Waals surface area contributed by atoms with Gasteiger partial charge in [0.25, 0.3) is 0 Å². The van der Waals surface area contributed by atoms with Crippen LogP contribution in [0.5, 0.6) is 0 Å². The standard InChI is InChI=1S/C28H36N2O/c1-3-20-30(21-4-2)22-27(23-31)29-28(24-14-8-5-9-15-24,25-16-10-6-11-17-25)26-18-12-7-13-19-26/h5-19,27,29,31H,3-4,20-23H2,1-2H3. The molecule has 0 fully saturated rings. The van der Waals surface area contributed by atoms with Gasteiger partial charge in [0, 0.05) is 12.6 Å². The zero-order chi connectivity index (χ0) is 21.9. The number of hydrogen-bond donors (Lipinski definition) is 2. The van der Waals surface area contributed by atoms with Gasteiger partial charge in [0.05, 0.1) is 12.1 Å². The van der Waals surface area contributed by atoms with Gasteiger partial charge in [-0.1, -0.05) is 105 Å². The number of aliphatic hydroxyl groups excluding tert-OH is 1. The third kappa shape index (κ3) is 5.62. The zero-order valence-corrected chi connectivity index (χ0v) is 18.9. The number of hydrogen-bond acceptors (Lipinski definition) is 3. The summed E-state index contributed by atoms with van der Waals surface area (Å²) in [6, 6.07) is 31.7. The van der Waals surface area contributed by atoms with E-state index in [-0.39, 0.29) is 12.6 Å². The van der Waals surface area contributed by atoms with Crippen LogP contribution in [0.1, 0.15) is 43.4 Å². The maximum Gasteiger partial charge on any atom is 0.0951 e. The van der Waals surface area contributed by atoms with Crippen LogP contribution in [-0.2, 0) is 5.54 Å². The van der Waals surface area contributed by atoms with E-state index in [0.29, 0.717) is 0 Å². The lowest BCUT2D eigenvalue weighted by Gasteiger charge is -2.41. The molecule has 1 atom stereocenters. The van der Waals surface area contributed by atoms with Gasteiger partial charge >= 0.3 is 0 Å². The van der Waals surface area contributed by atoms with E-state index in [1.165, 1.54) is 16.7 Å². The first kappa shape index (κ1) is 23.2. The number of nitrogens with zero attached hydrogens (tertiary/aromatic N) is 1. The van der Waals surface area contributed by atoms with E-state index in [4.69, 9.17) is 0 Å². The van der Waals surface area contributed by atoms with Crippen LogP contribution in [0, 0.1) is 0 Å². The normalized spacial score (nSPS) is 12.8. The number of benzene rings is 3. The molecule has 3 nitrogen and oxygen atoms in total. The molecule has 0 aromatic heterocycles. The van der Waals surface area contributed by atoms with E-state index in [1.807, 2.05) is 0 Å². The van der Waals surface area contributed by atoms with E-state index in [9.17, 15) is 5.11 Å². The molecular formula is C28H36N2O. The predicted octanol–water partition coefficient (Wildman–Crippen LogP) is 5.05. The molecule has 0 aliphatic heterocycles. The molecule has 0 heterocycles. The summed E-state index contributed by atoms with van der Waals surface area (Å²) in [5.74, 6) is 0. The van der Waals surface area contributed by atoms with Crippen molar-refractivity contribution in [3.63, 3.8) is 0 Å². The number of aliphatic hydroxyl groups is 1. The Morgan fingerprint density at radius 3 is 1.42 bits per heavy atom. The van der Waals surface area contributed by atoms with Crippen molar-refractivity contribution in [2.24, 2.45) is 0 Å². The minimum Gasteiger partial charge on any atom is -0.395 e. The Kier molecular flexibility index (Phi) is 8.84. The van der Waals surface area contributed by atoms with Gasteiger partial charge in [-0.2, -0.15) is 0 Å². The topological polar surface area (TPSA) is 35.5 Å². The summed E-state index contributed by atoms with van der Waals surface area (Å²) >= 11 is 0. The second-order valence-electron chi connectivity index (χ2n) is 8.17. The van der Waals surface area contributed by atoms with Crippen molar-refractivity contribution in [2.75, 3.05) is 26.2 Å². The molecule has 3 aromatic carbocycles. The minimum absolute atomic E-state index is 0.0706. The molecule has 0 aliphatic carbocycles. The minimum atomic E-state index is -0.554. The Morgan fingerprint density at radius 2 is 1.10 bits per heavy atom. The highest BCUT2D eigenvalue weighted by molar-refractivity contribution is 5.49. The van der Waals surface area contributed by atoms with Crippen molar-refractivity contribution >= 4 is 0 Å². The maximum atomic E-state index is 10.4. The molecule has 1 unspecified atom stereocenters.